The fraction of sp³-hybridized carbons (Fsp3) is 0.194. The molecule has 0 saturated carbocycles. The number of aryl methyl sites for hydroxylation is 1. The summed E-state index contributed by atoms with van der Waals surface area (Å²) in [6.45, 7) is 3.95. The Hall–Kier alpha value is -4.39. The number of Topliss-reactive ketones (excluding diaryl/α,β-unsaturated/α-hetero) is 1. The first-order valence-corrected chi connectivity index (χ1v) is 12.6. The number of dihydropyridines is 1. The number of nitrogens with zero attached hydrogens (tertiary/aromatic N) is 3. The fourth-order valence-electron chi connectivity index (χ4n) is 5.03. The lowest BCUT2D eigenvalue weighted by atomic mass is 9.75. The molecule has 2 aliphatic rings. The van der Waals surface area contributed by atoms with E-state index in [2.05, 4.69) is 10.3 Å². The Morgan fingerprint density at radius 2 is 1.79 bits per heavy atom. The SMILES string of the molecule is CC1(C)CCc2nc(-c3cn(C4=CC(c5cccc(F)c5)NC(c5cccc(F)c5)=C4)cn3)ccc2C1=O. The molecule has 0 fully saturated rings. The van der Waals surface area contributed by atoms with E-state index >= 15 is 0 Å². The van der Waals surface area contributed by atoms with Gasteiger partial charge in [-0.1, -0.05) is 38.1 Å². The minimum Gasteiger partial charge on any atom is -0.374 e. The fourth-order valence-corrected chi connectivity index (χ4v) is 5.03. The summed E-state index contributed by atoms with van der Waals surface area (Å²) in [6.07, 6.45) is 8.97. The highest BCUT2D eigenvalue weighted by atomic mass is 19.1. The Morgan fingerprint density at radius 3 is 2.58 bits per heavy atom. The average Bonchev–Trinajstić information content (AvgIpc) is 3.41. The standard InChI is InChI=1S/C31H26F2N4O/c1-31(2)12-11-25-24(30(31)38)9-10-26(35-25)29-17-37(18-34-29)23-15-27(19-5-3-7-21(32)13-19)36-28(16-23)20-6-4-8-22(33)14-20/h3-10,13-18,27,36H,11-12H2,1-2H3. The van der Waals surface area contributed by atoms with Gasteiger partial charge in [0.05, 0.1) is 23.8 Å². The lowest BCUT2D eigenvalue weighted by molar-refractivity contribution is 0.0809. The second kappa shape index (κ2) is 9.17. The Kier molecular flexibility index (Phi) is 5.79. The maximum atomic E-state index is 14.0. The largest absolute Gasteiger partial charge is 0.374 e. The number of nitrogens with one attached hydrogen (secondary N) is 1. The predicted octanol–water partition coefficient (Wildman–Crippen LogP) is 6.60. The van der Waals surface area contributed by atoms with Crippen LogP contribution in [0.2, 0.25) is 0 Å². The third-order valence-corrected chi connectivity index (χ3v) is 7.25. The number of halogens is 2. The number of carbonyl (C=O) groups is 1. The van der Waals surface area contributed by atoms with Crippen molar-refractivity contribution in [3.8, 4) is 11.4 Å². The molecule has 2 aromatic carbocycles. The molecule has 3 heterocycles. The summed E-state index contributed by atoms with van der Waals surface area (Å²) in [5.41, 5.74) is 5.42. The number of carbonyl (C=O) groups excluding carboxylic acids is 1. The van der Waals surface area contributed by atoms with Crippen molar-refractivity contribution >= 4 is 17.2 Å². The first-order valence-electron chi connectivity index (χ1n) is 12.6. The molecule has 1 unspecified atom stereocenters. The van der Waals surface area contributed by atoms with Crippen LogP contribution in [0.5, 0.6) is 0 Å². The number of rotatable bonds is 4. The quantitative estimate of drug-likeness (QED) is 0.337. The van der Waals surface area contributed by atoms with Crippen molar-refractivity contribution in [3.63, 3.8) is 0 Å². The topological polar surface area (TPSA) is 59.8 Å². The zero-order valence-electron chi connectivity index (χ0n) is 21.1. The molecule has 7 heteroatoms. The van der Waals surface area contributed by atoms with Crippen LogP contribution in [0.1, 0.15) is 53.5 Å². The number of hydrogen-bond donors (Lipinski definition) is 1. The number of fused-ring (bicyclic) bond motifs is 1. The van der Waals surface area contributed by atoms with Crippen LogP contribution < -0.4 is 5.32 Å². The zero-order valence-corrected chi connectivity index (χ0v) is 21.1. The van der Waals surface area contributed by atoms with Gasteiger partial charge in [0.2, 0.25) is 0 Å². The molecule has 190 valence electrons. The van der Waals surface area contributed by atoms with Crippen molar-refractivity contribution in [2.24, 2.45) is 5.41 Å². The smallest absolute Gasteiger partial charge is 0.170 e. The van der Waals surface area contributed by atoms with E-state index in [1.807, 2.05) is 61.0 Å². The Morgan fingerprint density at radius 1 is 1.00 bits per heavy atom. The van der Waals surface area contributed by atoms with Gasteiger partial charge in [-0.15, -0.1) is 0 Å². The van der Waals surface area contributed by atoms with Gasteiger partial charge in [-0.05, 0) is 67.0 Å². The molecule has 1 aliphatic carbocycles. The Bertz CT molecular complexity index is 1630. The first-order chi connectivity index (χ1) is 18.3. The monoisotopic (exact) mass is 508 g/mol. The lowest BCUT2D eigenvalue weighted by Gasteiger charge is -2.28. The van der Waals surface area contributed by atoms with Crippen LogP contribution in [0.3, 0.4) is 0 Å². The van der Waals surface area contributed by atoms with Crippen molar-refractivity contribution in [2.75, 3.05) is 0 Å². The van der Waals surface area contributed by atoms with Crippen LogP contribution >= 0.6 is 0 Å². The summed E-state index contributed by atoms with van der Waals surface area (Å²) >= 11 is 0. The van der Waals surface area contributed by atoms with E-state index in [9.17, 15) is 13.6 Å². The van der Waals surface area contributed by atoms with Gasteiger partial charge in [-0.2, -0.15) is 0 Å². The Balaban J connectivity index is 1.37. The van der Waals surface area contributed by atoms with Gasteiger partial charge < -0.3 is 9.88 Å². The van der Waals surface area contributed by atoms with Crippen molar-refractivity contribution < 1.29 is 13.6 Å². The number of benzene rings is 2. The summed E-state index contributed by atoms with van der Waals surface area (Å²) in [7, 11) is 0. The van der Waals surface area contributed by atoms with Crippen LogP contribution in [0.25, 0.3) is 22.8 Å². The highest BCUT2D eigenvalue weighted by Crippen LogP contribution is 2.35. The van der Waals surface area contributed by atoms with Crippen LogP contribution in [-0.4, -0.2) is 20.3 Å². The summed E-state index contributed by atoms with van der Waals surface area (Å²) in [4.78, 5) is 22.2. The second-order valence-electron chi connectivity index (χ2n) is 10.4. The minimum absolute atomic E-state index is 0.126. The zero-order chi connectivity index (χ0) is 26.4. The molecule has 1 aliphatic heterocycles. The van der Waals surface area contributed by atoms with Crippen LogP contribution in [-0.2, 0) is 6.42 Å². The molecule has 0 radical (unpaired) electrons. The predicted molar refractivity (Wildman–Crippen MR) is 143 cm³/mol. The lowest BCUT2D eigenvalue weighted by Crippen LogP contribution is -2.31. The van der Waals surface area contributed by atoms with Gasteiger partial charge in [0.15, 0.2) is 5.78 Å². The maximum absolute atomic E-state index is 14.0. The first kappa shape index (κ1) is 24.0. The number of aromatic nitrogens is 3. The molecule has 1 atom stereocenters. The molecule has 38 heavy (non-hydrogen) atoms. The van der Waals surface area contributed by atoms with Gasteiger partial charge in [0, 0.05) is 34.1 Å². The molecular formula is C31H26F2N4O. The van der Waals surface area contributed by atoms with E-state index < -0.39 is 0 Å². The van der Waals surface area contributed by atoms with Gasteiger partial charge >= 0.3 is 0 Å². The molecular weight excluding hydrogens is 482 g/mol. The van der Waals surface area contributed by atoms with E-state index in [4.69, 9.17) is 4.98 Å². The molecule has 0 spiro atoms. The third-order valence-electron chi connectivity index (χ3n) is 7.25. The van der Waals surface area contributed by atoms with Gasteiger partial charge in [-0.25, -0.2) is 13.8 Å². The summed E-state index contributed by atoms with van der Waals surface area (Å²) in [6, 6.07) is 16.1. The summed E-state index contributed by atoms with van der Waals surface area (Å²) < 4.78 is 29.9. The molecule has 1 N–H and O–H groups in total. The van der Waals surface area contributed by atoms with Crippen molar-refractivity contribution in [1.82, 2.24) is 19.9 Å². The Labute approximate surface area is 219 Å². The van der Waals surface area contributed by atoms with Crippen LogP contribution in [0, 0.1) is 17.0 Å². The maximum Gasteiger partial charge on any atom is 0.170 e. The number of allylic oxidation sites excluding steroid dienone is 2. The average molecular weight is 509 g/mol. The van der Waals surface area contributed by atoms with Gasteiger partial charge in [0.1, 0.15) is 17.3 Å². The minimum atomic E-state index is -0.372. The molecule has 2 aromatic heterocycles. The second-order valence-corrected chi connectivity index (χ2v) is 10.4. The van der Waals surface area contributed by atoms with Crippen molar-refractivity contribution in [1.29, 1.82) is 0 Å². The van der Waals surface area contributed by atoms with E-state index in [0.29, 0.717) is 28.2 Å². The van der Waals surface area contributed by atoms with Crippen LogP contribution in [0.15, 0.2) is 85.3 Å². The molecule has 4 aromatic rings. The van der Waals surface area contributed by atoms with E-state index in [0.717, 1.165) is 29.8 Å². The molecule has 5 nitrogen and oxygen atoms in total. The normalized spacial score (nSPS) is 18.3. The molecule has 0 amide bonds. The van der Waals surface area contributed by atoms with Crippen molar-refractivity contribution in [3.05, 3.63) is 119 Å². The number of imidazole rings is 1. The highest BCUT2D eigenvalue weighted by molar-refractivity contribution is 6.02. The molecule has 0 saturated heterocycles. The van der Waals surface area contributed by atoms with Gasteiger partial charge in [0.25, 0.3) is 0 Å². The highest BCUT2D eigenvalue weighted by Gasteiger charge is 2.35. The number of pyridine rings is 1. The van der Waals surface area contributed by atoms with Crippen LogP contribution in [0.4, 0.5) is 8.78 Å². The number of ketones is 1. The number of hydrogen-bond acceptors (Lipinski definition) is 4. The van der Waals surface area contributed by atoms with Gasteiger partial charge in [-0.3, -0.25) is 9.78 Å². The molecule has 6 rings (SSSR count). The van der Waals surface area contributed by atoms with E-state index in [1.54, 1.807) is 18.5 Å². The van der Waals surface area contributed by atoms with E-state index in [-0.39, 0.29) is 28.9 Å². The van der Waals surface area contributed by atoms with E-state index in [1.165, 1.54) is 24.3 Å². The summed E-state index contributed by atoms with van der Waals surface area (Å²) in [5.74, 6) is -0.540. The molecule has 0 bridgehead atoms. The summed E-state index contributed by atoms with van der Waals surface area (Å²) in [5, 5.41) is 3.40. The van der Waals surface area contributed by atoms with Crippen molar-refractivity contribution in [2.45, 2.75) is 32.7 Å². The third kappa shape index (κ3) is 4.45.